The Morgan fingerprint density at radius 3 is 2.72 bits per heavy atom. The molecule has 18 heavy (non-hydrogen) atoms. The van der Waals surface area contributed by atoms with Crippen LogP contribution in [0.1, 0.15) is 0 Å². The molecule has 0 saturated carbocycles. The van der Waals surface area contributed by atoms with Crippen LogP contribution < -0.4 is 4.72 Å². The smallest absolute Gasteiger partial charge is 0.334 e. The Balaban J connectivity index is 2.80. The predicted octanol–water partition coefficient (Wildman–Crippen LogP) is 1.54. The van der Waals surface area contributed by atoms with Crippen LogP contribution >= 0.6 is 38.9 Å². The standard InChI is InChI=1S/C8H9BrClNO5S2/c1-16-5(8(12)13)3-11-18(14,15)6-2-4(10)7(9)17-6/h2,5,11H,3H2,1H3,(H,12,13). The van der Waals surface area contributed by atoms with Crippen molar-refractivity contribution in [2.45, 2.75) is 10.3 Å². The maximum Gasteiger partial charge on any atom is 0.334 e. The summed E-state index contributed by atoms with van der Waals surface area (Å²) >= 11 is 9.76. The molecule has 6 nitrogen and oxygen atoms in total. The van der Waals surface area contributed by atoms with E-state index < -0.39 is 22.1 Å². The van der Waals surface area contributed by atoms with Gasteiger partial charge >= 0.3 is 5.97 Å². The number of carboxylic acid groups (broad SMARTS) is 1. The summed E-state index contributed by atoms with van der Waals surface area (Å²) in [6.07, 6.45) is -1.24. The molecule has 1 aromatic heterocycles. The third-order valence-corrected chi connectivity index (χ3v) is 6.28. The number of ether oxygens (including phenoxy) is 1. The van der Waals surface area contributed by atoms with E-state index >= 15 is 0 Å². The Morgan fingerprint density at radius 2 is 2.33 bits per heavy atom. The minimum atomic E-state index is -3.79. The van der Waals surface area contributed by atoms with Crippen molar-refractivity contribution in [2.75, 3.05) is 13.7 Å². The van der Waals surface area contributed by atoms with Crippen LogP contribution in [0.25, 0.3) is 0 Å². The number of aliphatic carboxylic acids is 1. The van der Waals surface area contributed by atoms with E-state index in [0.717, 1.165) is 11.3 Å². The van der Waals surface area contributed by atoms with Gasteiger partial charge in [-0.1, -0.05) is 11.6 Å². The number of hydrogen-bond acceptors (Lipinski definition) is 5. The van der Waals surface area contributed by atoms with Crippen molar-refractivity contribution >= 4 is 54.9 Å². The highest BCUT2D eigenvalue weighted by Gasteiger charge is 2.23. The maximum absolute atomic E-state index is 11.8. The van der Waals surface area contributed by atoms with Gasteiger partial charge in [-0.2, -0.15) is 0 Å². The number of sulfonamides is 1. The first-order valence-corrected chi connectivity index (χ1v) is 7.95. The molecular weight excluding hydrogens is 370 g/mol. The van der Waals surface area contributed by atoms with E-state index in [4.69, 9.17) is 16.7 Å². The van der Waals surface area contributed by atoms with Gasteiger partial charge in [0, 0.05) is 13.7 Å². The molecule has 10 heteroatoms. The van der Waals surface area contributed by atoms with Gasteiger partial charge in [0.25, 0.3) is 0 Å². The van der Waals surface area contributed by atoms with Crippen molar-refractivity contribution in [3.05, 3.63) is 14.9 Å². The van der Waals surface area contributed by atoms with Gasteiger partial charge in [-0.05, 0) is 22.0 Å². The summed E-state index contributed by atoms with van der Waals surface area (Å²) in [5.41, 5.74) is 0. The van der Waals surface area contributed by atoms with Crippen LogP contribution in [0, 0.1) is 0 Å². The first kappa shape index (κ1) is 15.9. The number of hydrogen-bond donors (Lipinski definition) is 2. The van der Waals surface area contributed by atoms with E-state index in [1.165, 1.54) is 13.2 Å². The van der Waals surface area contributed by atoms with Crippen molar-refractivity contribution < 1.29 is 23.1 Å². The fraction of sp³-hybridized carbons (Fsp3) is 0.375. The van der Waals surface area contributed by atoms with Crippen LogP contribution in [0.4, 0.5) is 0 Å². The third kappa shape index (κ3) is 3.90. The molecule has 1 unspecified atom stereocenters. The monoisotopic (exact) mass is 377 g/mol. The van der Waals surface area contributed by atoms with Gasteiger partial charge in [0.1, 0.15) is 4.21 Å². The number of nitrogens with one attached hydrogen (secondary N) is 1. The fourth-order valence-electron chi connectivity index (χ4n) is 0.987. The highest BCUT2D eigenvalue weighted by Crippen LogP contribution is 2.34. The van der Waals surface area contributed by atoms with Crippen molar-refractivity contribution in [2.24, 2.45) is 0 Å². The van der Waals surface area contributed by atoms with Crippen LogP contribution in [0.15, 0.2) is 14.1 Å². The molecule has 0 aliphatic heterocycles. The lowest BCUT2D eigenvalue weighted by Crippen LogP contribution is -2.37. The SMILES string of the molecule is COC(CNS(=O)(=O)c1cc(Cl)c(Br)s1)C(=O)O. The summed E-state index contributed by atoms with van der Waals surface area (Å²) in [6, 6.07) is 1.28. The first-order chi connectivity index (χ1) is 8.27. The van der Waals surface area contributed by atoms with E-state index in [0.29, 0.717) is 3.79 Å². The highest BCUT2D eigenvalue weighted by atomic mass is 79.9. The molecule has 1 heterocycles. The summed E-state index contributed by atoms with van der Waals surface area (Å²) in [6.45, 7) is -0.360. The molecule has 0 fully saturated rings. The molecule has 0 aliphatic carbocycles. The topological polar surface area (TPSA) is 92.7 Å². The van der Waals surface area contributed by atoms with E-state index in [1.807, 2.05) is 0 Å². The molecule has 0 radical (unpaired) electrons. The molecule has 1 rings (SSSR count). The molecule has 1 aromatic rings. The molecule has 0 spiro atoms. The van der Waals surface area contributed by atoms with Gasteiger partial charge in [-0.25, -0.2) is 17.9 Å². The van der Waals surface area contributed by atoms with E-state index in [9.17, 15) is 13.2 Å². The van der Waals surface area contributed by atoms with Crippen molar-refractivity contribution in [1.82, 2.24) is 4.72 Å². The summed E-state index contributed by atoms with van der Waals surface area (Å²) < 4.78 is 30.9. The summed E-state index contributed by atoms with van der Waals surface area (Å²) in [7, 11) is -2.60. The molecule has 102 valence electrons. The van der Waals surface area contributed by atoms with E-state index in [1.54, 1.807) is 0 Å². The third-order valence-electron chi connectivity index (χ3n) is 1.91. The molecule has 0 bridgehead atoms. The summed E-state index contributed by atoms with van der Waals surface area (Å²) in [5.74, 6) is -1.24. The molecule has 0 amide bonds. The molecular formula is C8H9BrClNO5S2. The minimum Gasteiger partial charge on any atom is -0.479 e. The number of carboxylic acids is 1. The normalized spacial score (nSPS) is 13.5. The minimum absolute atomic E-state index is 0.000355. The number of methoxy groups -OCH3 is 1. The second-order valence-electron chi connectivity index (χ2n) is 3.10. The molecule has 0 aliphatic rings. The van der Waals surface area contributed by atoms with Crippen molar-refractivity contribution in [3.8, 4) is 0 Å². The Labute approximate surface area is 121 Å². The van der Waals surface area contributed by atoms with Crippen LogP contribution in [0.2, 0.25) is 5.02 Å². The van der Waals surface area contributed by atoms with Gasteiger partial charge < -0.3 is 9.84 Å². The first-order valence-electron chi connectivity index (χ1n) is 4.48. The number of halogens is 2. The van der Waals surface area contributed by atoms with Crippen molar-refractivity contribution in [3.63, 3.8) is 0 Å². The zero-order chi connectivity index (χ0) is 13.9. The van der Waals surface area contributed by atoms with Gasteiger partial charge in [0.2, 0.25) is 10.0 Å². The molecule has 2 N–H and O–H groups in total. The number of thiophene rings is 1. The quantitative estimate of drug-likeness (QED) is 0.783. The lowest BCUT2D eigenvalue weighted by Gasteiger charge is -2.10. The van der Waals surface area contributed by atoms with Crippen molar-refractivity contribution in [1.29, 1.82) is 0 Å². The van der Waals surface area contributed by atoms with Crippen LogP contribution in [-0.4, -0.2) is 39.3 Å². The maximum atomic E-state index is 11.8. The molecule has 0 aromatic carbocycles. The zero-order valence-corrected chi connectivity index (χ0v) is 13.0. The average Bonchev–Trinajstić information content (AvgIpc) is 2.60. The van der Waals surface area contributed by atoms with Crippen LogP contribution in [0.5, 0.6) is 0 Å². The summed E-state index contributed by atoms with van der Waals surface area (Å²) in [5, 5.41) is 8.98. The number of rotatable bonds is 6. The fourth-order valence-corrected chi connectivity index (χ4v) is 4.46. The van der Waals surface area contributed by atoms with Gasteiger partial charge in [0.05, 0.1) is 8.81 Å². The Bertz CT molecular complexity index is 524. The average molecular weight is 379 g/mol. The molecule has 0 saturated heterocycles. The largest absolute Gasteiger partial charge is 0.479 e. The number of carbonyl (C=O) groups is 1. The Hall–Kier alpha value is -0.190. The van der Waals surface area contributed by atoms with Gasteiger partial charge in [0.15, 0.2) is 6.10 Å². The Kier molecular flexibility index (Phi) is 5.56. The van der Waals surface area contributed by atoms with Crippen LogP contribution in [0.3, 0.4) is 0 Å². The van der Waals surface area contributed by atoms with Gasteiger partial charge in [-0.3, -0.25) is 0 Å². The predicted molar refractivity (Wildman–Crippen MR) is 70.7 cm³/mol. The molecule has 1 atom stereocenters. The summed E-state index contributed by atoms with van der Waals surface area (Å²) in [4.78, 5) is 10.7. The Morgan fingerprint density at radius 1 is 1.72 bits per heavy atom. The lowest BCUT2D eigenvalue weighted by molar-refractivity contribution is -0.147. The lowest BCUT2D eigenvalue weighted by atomic mass is 10.4. The second kappa shape index (κ2) is 6.31. The highest BCUT2D eigenvalue weighted by molar-refractivity contribution is 9.11. The van der Waals surface area contributed by atoms with Gasteiger partial charge in [-0.15, -0.1) is 11.3 Å². The van der Waals surface area contributed by atoms with E-state index in [2.05, 4.69) is 25.4 Å². The second-order valence-corrected chi connectivity index (χ2v) is 7.87. The van der Waals surface area contributed by atoms with Crippen LogP contribution in [-0.2, 0) is 19.6 Å². The van der Waals surface area contributed by atoms with E-state index in [-0.39, 0.29) is 15.8 Å². The zero-order valence-electron chi connectivity index (χ0n) is 9.01.